The summed E-state index contributed by atoms with van der Waals surface area (Å²) in [4.78, 5) is 39.2. The van der Waals surface area contributed by atoms with Crippen LogP contribution in [0.25, 0.3) is 16.6 Å². The molecule has 0 spiro atoms. The van der Waals surface area contributed by atoms with Crippen molar-refractivity contribution in [3.63, 3.8) is 0 Å². The number of carbonyl (C=O) groups excluding carboxylic acids is 1. The molecule has 0 aliphatic rings. The maximum absolute atomic E-state index is 13.6. The fourth-order valence-electron chi connectivity index (χ4n) is 3.58. The van der Waals surface area contributed by atoms with E-state index >= 15 is 0 Å². The molecule has 0 aliphatic carbocycles. The number of hydrogen-bond donors (Lipinski definition) is 1. The quantitative estimate of drug-likeness (QED) is 0.501. The van der Waals surface area contributed by atoms with Gasteiger partial charge < -0.3 is 5.32 Å². The molecule has 0 saturated carbocycles. The zero-order valence-corrected chi connectivity index (χ0v) is 17.8. The SMILES string of the molecule is CC(NC(=O)Cn1c(=O)n(-c2ccc(F)c(Cl)c2)c(=O)c2ccccc21)c1ccccc1. The van der Waals surface area contributed by atoms with Crippen LogP contribution in [-0.2, 0) is 11.3 Å². The number of nitrogens with one attached hydrogen (secondary N) is 1. The van der Waals surface area contributed by atoms with Gasteiger partial charge in [0.15, 0.2) is 0 Å². The number of amides is 1. The van der Waals surface area contributed by atoms with E-state index < -0.39 is 23.0 Å². The molecular formula is C24H19ClFN3O3. The smallest absolute Gasteiger partial charge is 0.336 e. The van der Waals surface area contributed by atoms with Crippen molar-refractivity contribution in [3.05, 3.63) is 110 Å². The van der Waals surface area contributed by atoms with Crippen LogP contribution in [0.2, 0.25) is 5.02 Å². The van der Waals surface area contributed by atoms with Gasteiger partial charge in [0.05, 0.1) is 27.7 Å². The third kappa shape index (κ3) is 4.07. The van der Waals surface area contributed by atoms with Crippen LogP contribution in [0.1, 0.15) is 18.5 Å². The lowest BCUT2D eigenvalue weighted by Gasteiger charge is -2.17. The molecule has 162 valence electrons. The first-order valence-electron chi connectivity index (χ1n) is 9.91. The highest BCUT2D eigenvalue weighted by atomic mass is 35.5. The molecule has 6 nitrogen and oxygen atoms in total. The van der Waals surface area contributed by atoms with Crippen molar-refractivity contribution in [1.82, 2.24) is 14.5 Å². The third-order valence-electron chi connectivity index (χ3n) is 5.19. The summed E-state index contributed by atoms with van der Waals surface area (Å²) >= 11 is 5.86. The summed E-state index contributed by atoms with van der Waals surface area (Å²) in [6.45, 7) is 1.54. The van der Waals surface area contributed by atoms with Crippen molar-refractivity contribution < 1.29 is 9.18 Å². The van der Waals surface area contributed by atoms with E-state index in [-0.39, 0.29) is 28.7 Å². The molecule has 0 bridgehead atoms. The van der Waals surface area contributed by atoms with Gasteiger partial charge in [-0.15, -0.1) is 0 Å². The van der Waals surface area contributed by atoms with Crippen LogP contribution in [0.4, 0.5) is 4.39 Å². The molecule has 0 radical (unpaired) electrons. The first-order chi connectivity index (χ1) is 15.4. The molecule has 1 heterocycles. The second-order valence-corrected chi connectivity index (χ2v) is 7.73. The van der Waals surface area contributed by atoms with Gasteiger partial charge in [0, 0.05) is 0 Å². The lowest BCUT2D eigenvalue weighted by atomic mass is 10.1. The first kappa shape index (κ1) is 21.5. The second-order valence-electron chi connectivity index (χ2n) is 7.32. The van der Waals surface area contributed by atoms with Gasteiger partial charge in [-0.3, -0.25) is 14.2 Å². The Morgan fingerprint density at radius 3 is 2.44 bits per heavy atom. The molecule has 1 aromatic heterocycles. The van der Waals surface area contributed by atoms with Crippen molar-refractivity contribution in [1.29, 1.82) is 0 Å². The molecule has 0 aliphatic heterocycles. The van der Waals surface area contributed by atoms with Gasteiger partial charge >= 0.3 is 5.69 Å². The Labute approximate surface area is 187 Å². The van der Waals surface area contributed by atoms with E-state index in [0.29, 0.717) is 5.52 Å². The summed E-state index contributed by atoms with van der Waals surface area (Å²) < 4.78 is 15.7. The summed E-state index contributed by atoms with van der Waals surface area (Å²) in [5, 5.41) is 2.90. The minimum Gasteiger partial charge on any atom is -0.348 e. The van der Waals surface area contributed by atoms with E-state index in [1.54, 1.807) is 24.3 Å². The molecule has 4 aromatic rings. The number of para-hydroxylation sites is 1. The fraction of sp³-hybridized carbons (Fsp3) is 0.125. The Balaban J connectivity index is 1.79. The maximum atomic E-state index is 13.6. The van der Waals surface area contributed by atoms with Crippen molar-refractivity contribution in [3.8, 4) is 5.69 Å². The highest BCUT2D eigenvalue weighted by Gasteiger charge is 2.18. The Bertz CT molecular complexity index is 1430. The Morgan fingerprint density at radius 2 is 1.72 bits per heavy atom. The topological polar surface area (TPSA) is 73.1 Å². The third-order valence-corrected chi connectivity index (χ3v) is 5.48. The van der Waals surface area contributed by atoms with Gasteiger partial charge in [-0.1, -0.05) is 54.1 Å². The molecule has 1 atom stereocenters. The number of nitrogens with zero attached hydrogens (tertiary/aromatic N) is 2. The minimum absolute atomic E-state index is 0.115. The van der Waals surface area contributed by atoms with Gasteiger partial charge in [0.25, 0.3) is 5.56 Å². The number of hydrogen-bond acceptors (Lipinski definition) is 3. The number of aromatic nitrogens is 2. The van der Waals surface area contributed by atoms with Crippen LogP contribution < -0.4 is 16.6 Å². The second kappa shape index (κ2) is 8.80. The summed E-state index contributed by atoms with van der Waals surface area (Å²) in [5.74, 6) is -1.06. The van der Waals surface area contributed by atoms with E-state index in [4.69, 9.17) is 11.6 Å². The van der Waals surface area contributed by atoms with Crippen LogP contribution in [0.3, 0.4) is 0 Å². The Kier molecular flexibility index (Phi) is 5.92. The molecule has 8 heteroatoms. The molecule has 1 unspecified atom stereocenters. The van der Waals surface area contributed by atoms with Crippen molar-refractivity contribution >= 4 is 28.4 Å². The van der Waals surface area contributed by atoms with Crippen molar-refractivity contribution in [2.45, 2.75) is 19.5 Å². The Hall–Kier alpha value is -3.71. The van der Waals surface area contributed by atoms with Crippen molar-refractivity contribution in [2.24, 2.45) is 0 Å². The van der Waals surface area contributed by atoms with Crippen LogP contribution in [-0.4, -0.2) is 15.0 Å². The van der Waals surface area contributed by atoms with E-state index in [0.717, 1.165) is 16.2 Å². The summed E-state index contributed by atoms with van der Waals surface area (Å²) in [6.07, 6.45) is 0. The van der Waals surface area contributed by atoms with E-state index in [2.05, 4.69) is 5.32 Å². The minimum atomic E-state index is -0.723. The lowest BCUT2D eigenvalue weighted by Crippen LogP contribution is -2.42. The van der Waals surface area contributed by atoms with E-state index in [1.165, 1.54) is 16.7 Å². The highest BCUT2D eigenvalue weighted by Crippen LogP contribution is 2.18. The zero-order chi connectivity index (χ0) is 22.8. The summed E-state index contributed by atoms with van der Waals surface area (Å²) in [7, 11) is 0. The normalized spacial score (nSPS) is 12.0. The van der Waals surface area contributed by atoms with E-state index in [9.17, 15) is 18.8 Å². The number of benzene rings is 3. The monoisotopic (exact) mass is 451 g/mol. The molecule has 3 aromatic carbocycles. The standard InChI is InChI=1S/C24H19ClFN3O3/c1-15(16-7-3-2-4-8-16)27-22(30)14-28-21-10-6-5-9-18(21)23(31)29(24(28)32)17-11-12-20(26)19(25)13-17/h2-13,15H,14H2,1H3,(H,27,30). The number of rotatable bonds is 5. The van der Waals surface area contributed by atoms with Gasteiger partial charge in [0.2, 0.25) is 5.91 Å². The Morgan fingerprint density at radius 1 is 1.03 bits per heavy atom. The van der Waals surface area contributed by atoms with Crippen LogP contribution in [0.5, 0.6) is 0 Å². The van der Waals surface area contributed by atoms with Crippen molar-refractivity contribution in [2.75, 3.05) is 0 Å². The van der Waals surface area contributed by atoms with Gasteiger partial charge in [0.1, 0.15) is 12.4 Å². The van der Waals surface area contributed by atoms with Crippen LogP contribution >= 0.6 is 11.6 Å². The van der Waals surface area contributed by atoms with Gasteiger partial charge in [-0.25, -0.2) is 13.8 Å². The summed E-state index contributed by atoms with van der Waals surface area (Å²) in [6, 6.07) is 19.2. The van der Waals surface area contributed by atoms with Gasteiger partial charge in [-0.05, 0) is 42.8 Å². The van der Waals surface area contributed by atoms with Crippen LogP contribution in [0.15, 0.2) is 82.4 Å². The maximum Gasteiger partial charge on any atom is 0.336 e. The number of carbonyl (C=O) groups is 1. The zero-order valence-electron chi connectivity index (χ0n) is 17.1. The first-order valence-corrected chi connectivity index (χ1v) is 10.3. The molecule has 0 fully saturated rings. The molecular weight excluding hydrogens is 433 g/mol. The summed E-state index contributed by atoms with van der Waals surface area (Å²) in [5.41, 5.74) is 0.0592. The predicted molar refractivity (Wildman–Crippen MR) is 122 cm³/mol. The van der Waals surface area contributed by atoms with E-state index in [1.807, 2.05) is 37.3 Å². The van der Waals surface area contributed by atoms with Crippen LogP contribution in [0, 0.1) is 5.82 Å². The highest BCUT2D eigenvalue weighted by molar-refractivity contribution is 6.30. The molecule has 1 amide bonds. The largest absolute Gasteiger partial charge is 0.348 e. The average molecular weight is 452 g/mol. The fourth-order valence-corrected chi connectivity index (χ4v) is 3.76. The molecule has 0 saturated heterocycles. The molecule has 4 rings (SSSR count). The van der Waals surface area contributed by atoms with Gasteiger partial charge in [-0.2, -0.15) is 0 Å². The predicted octanol–water partition coefficient (Wildman–Crippen LogP) is 3.82. The lowest BCUT2D eigenvalue weighted by molar-refractivity contribution is -0.122. The molecule has 1 N–H and O–H groups in total. The molecule has 32 heavy (non-hydrogen) atoms. The number of fused-ring (bicyclic) bond motifs is 1. The average Bonchev–Trinajstić information content (AvgIpc) is 2.79. The number of halogens is 2.